The molecule has 2 amide bonds. The maximum absolute atomic E-state index is 12.6. The highest BCUT2D eigenvalue weighted by Crippen LogP contribution is 2.42. The van der Waals surface area contributed by atoms with Crippen molar-refractivity contribution in [3.05, 3.63) is 0 Å². The van der Waals surface area contributed by atoms with Gasteiger partial charge in [-0.3, -0.25) is 0 Å². The summed E-state index contributed by atoms with van der Waals surface area (Å²) in [6.45, 7) is 7.46. The van der Waals surface area contributed by atoms with Gasteiger partial charge in [-0.15, -0.1) is 0 Å². The second-order valence-electron chi connectivity index (χ2n) is 7.49. The minimum atomic E-state index is -0.850. The van der Waals surface area contributed by atoms with Crippen LogP contribution in [0.4, 0.5) is 4.79 Å². The van der Waals surface area contributed by atoms with Crippen LogP contribution < -0.4 is 0 Å². The Hall–Kier alpha value is -1.26. The van der Waals surface area contributed by atoms with Gasteiger partial charge in [0.2, 0.25) is 0 Å². The Kier molecular flexibility index (Phi) is 3.98. The predicted octanol–water partition coefficient (Wildman–Crippen LogP) is 2.27. The minimum Gasteiger partial charge on any atom is -0.480 e. The molecule has 0 radical (unpaired) electrons. The Morgan fingerprint density at radius 3 is 2.50 bits per heavy atom. The topological polar surface area (TPSA) is 60.9 Å². The Labute approximate surface area is 120 Å². The van der Waals surface area contributed by atoms with Gasteiger partial charge >= 0.3 is 12.0 Å². The van der Waals surface area contributed by atoms with E-state index in [1.165, 1.54) is 0 Å². The Bertz CT molecular complexity index is 402. The smallest absolute Gasteiger partial charge is 0.326 e. The van der Waals surface area contributed by atoms with Crippen LogP contribution >= 0.6 is 0 Å². The van der Waals surface area contributed by atoms with Gasteiger partial charge in [-0.05, 0) is 30.1 Å². The molecule has 1 N–H and O–H groups in total. The van der Waals surface area contributed by atoms with Gasteiger partial charge in [0.15, 0.2) is 0 Å². The molecule has 0 aromatic heterocycles. The molecule has 3 unspecified atom stereocenters. The lowest BCUT2D eigenvalue weighted by Gasteiger charge is -2.32. The Morgan fingerprint density at radius 2 is 1.95 bits per heavy atom. The van der Waals surface area contributed by atoms with Crippen LogP contribution in [-0.4, -0.2) is 53.1 Å². The first-order valence-corrected chi connectivity index (χ1v) is 7.45. The van der Waals surface area contributed by atoms with Crippen molar-refractivity contribution in [1.82, 2.24) is 9.80 Å². The zero-order valence-corrected chi connectivity index (χ0v) is 12.9. The maximum atomic E-state index is 12.6. The molecule has 2 rings (SSSR count). The molecule has 1 aliphatic heterocycles. The molecule has 2 fully saturated rings. The average Bonchev–Trinajstić information content (AvgIpc) is 2.83. The first kappa shape index (κ1) is 15.1. The lowest BCUT2D eigenvalue weighted by molar-refractivity contribution is -0.142. The highest BCUT2D eigenvalue weighted by atomic mass is 16.4. The summed E-state index contributed by atoms with van der Waals surface area (Å²) in [4.78, 5) is 27.4. The van der Waals surface area contributed by atoms with E-state index < -0.39 is 12.0 Å². The van der Waals surface area contributed by atoms with Gasteiger partial charge in [0.25, 0.3) is 0 Å². The molecule has 5 heteroatoms. The number of nitrogens with zero attached hydrogens (tertiary/aromatic N) is 2. The van der Waals surface area contributed by atoms with E-state index in [0.29, 0.717) is 19.0 Å². The SMILES string of the molecule is CN(CC(C)(C)C)C(=O)N1CC2CCCC2C1C(=O)O. The largest absolute Gasteiger partial charge is 0.480 e. The fraction of sp³-hybridized carbons (Fsp3) is 0.867. The molecule has 1 heterocycles. The number of fused-ring (bicyclic) bond motifs is 1. The summed E-state index contributed by atoms with van der Waals surface area (Å²) >= 11 is 0. The molecule has 1 aliphatic carbocycles. The summed E-state index contributed by atoms with van der Waals surface area (Å²) in [5.41, 5.74) is 0.0126. The van der Waals surface area contributed by atoms with E-state index in [1.807, 2.05) is 0 Å². The number of carbonyl (C=O) groups is 2. The number of amides is 2. The number of hydrogen-bond donors (Lipinski definition) is 1. The van der Waals surface area contributed by atoms with Crippen LogP contribution in [-0.2, 0) is 4.79 Å². The number of carboxylic acid groups (broad SMARTS) is 1. The molecular formula is C15H26N2O3. The van der Waals surface area contributed by atoms with Gasteiger partial charge in [-0.25, -0.2) is 9.59 Å². The van der Waals surface area contributed by atoms with Crippen molar-refractivity contribution in [2.24, 2.45) is 17.3 Å². The van der Waals surface area contributed by atoms with Crippen molar-refractivity contribution in [3.8, 4) is 0 Å². The maximum Gasteiger partial charge on any atom is 0.326 e. The highest BCUT2D eigenvalue weighted by Gasteiger charge is 2.50. The van der Waals surface area contributed by atoms with Crippen molar-refractivity contribution in [3.63, 3.8) is 0 Å². The average molecular weight is 282 g/mol. The quantitative estimate of drug-likeness (QED) is 0.845. The van der Waals surface area contributed by atoms with Crippen molar-refractivity contribution < 1.29 is 14.7 Å². The van der Waals surface area contributed by atoms with E-state index in [-0.39, 0.29) is 17.4 Å². The first-order chi connectivity index (χ1) is 9.20. The van der Waals surface area contributed by atoms with E-state index in [1.54, 1.807) is 16.8 Å². The van der Waals surface area contributed by atoms with Gasteiger partial charge in [0.05, 0.1) is 0 Å². The summed E-state index contributed by atoms with van der Waals surface area (Å²) in [6, 6.07) is -0.765. The molecule has 3 atom stereocenters. The molecule has 1 saturated heterocycles. The summed E-state index contributed by atoms with van der Waals surface area (Å²) in [5.74, 6) is -0.320. The molecular weight excluding hydrogens is 256 g/mol. The lowest BCUT2D eigenvalue weighted by Crippen LogP contribution is -2.50. The van der Waals surface area contributed by atoms with Crippen LogP contribution in [0, 0.1) is 17.3 Å². The molecule has 0 spiro atoms. The van der Waals surface area contributed by atoms with Crippen molar-refractivity contribution >= 4 is 12.0 Å². The highest BCUT2D eigenvalue weighted by molar-refractivity contribution is 5.83. The standard InChI is InChI=1S/C15H26N2O3/c1-15(2,3)9-16(4)14(20)17-8-10-6-5-7-11(10)12(17)13(18)19/h10-12H,5-9H2,1-4H3,(H,18,19). The number of aliphatic carboxylic acids is 1. The van der Waals surface area contributed by atoms with E-state index in [9.17, 15) is 14.7 Å². The van der Waals surface area contributed by atoms with Gasteiger partial charge in [-0.1, -0.05) is 27.2 Å². The van der Waals surface area contributed by atoms with E-state index >= 15 is 0 Å². The summed E-state index contributed by atoms with van der Waals surface area (Å²) in [6.07, 6.45) is 3.09. The summed E-state index contributed by atoms with van der Waals surface area (Å²) < 4.78 is 0. The van der Waals surface area contributed by atoms with Crippen molar-refractivity contribution in [1.29, 1.82) is 0 Å². The minimum absolute atomic E-state index is 0.0126. The number of carboxylic acids is 1. The number of hydrogen-bond acceptors (Lipinski definition) is 2. The number of likely N-dealkylation sites (tertiary alicyclic amines) is 1. The lowest BCUT2D eigenvalue weighted by atomic mass is 9.94. The van der Waals surface area contributed by atoms with Crippen LogP contribution in [0.25, 0.3) is 0 Å². The Morgan fingerprint density at radius 1 is 1.30 bits per heavy atom. The van der Waals surface area contributed by atoms with E-state index in [4.69, 9.17) is 0 Å². The monoisotopic (exact) mass is 282 g/mol. The third-order valence-corrected chi connectivity index (χ3v) is 4.43. The van der Waals surface area contributed by atoms with Gasteiger partial charge in [0.1, 0.15) is 6.04 Å². The third-order valence-electron chi connectivity index (χ3n) is 4.43. The number of urea groups is 1. The second-order valence-corrected chi connectivity index (χ2v) is 7.49. The van der Waals surface area contributed by atoms with E-state index in [2.05, 4.69) is 20.8 Å². The number of rotatable bonds is 2. The van der Waals surface area contributed by atoms with Crippen LogP contribution in [0.5, 0.6) is 0 Å². The molecule has 1 saturated carbocycles. The normalized spacial score (nSPS) is 29.4. The fourth-order valence-electron chi connectivity index (χ4n) is 3.82. The van der Waals surface area contributed by atoms with Crippen LogP contribution in [0.2, 0.25) is 0 Å². The summed E-state index contributed by atoms with van der Waals surface area (Å²) in [5, 5.41) is 9.48. The number of carbonyl (C=O) groups excluding carboxylic acids is 1. The molecule has 2 aliphatic rings. The molecule has 0 bridgehead atoms. The summed E-state index contributed by atoms with van der Waals surface area (Å²) in [7, 11) is 1.76. The van der Waals surface area contributed by atoms with Gasteiger partial charge in [-0.2, -0.15) is 0 Å². The predicted molar refractivity (Wildman–Crippen MR) is 76.4 cm³/mol. The van der Waals surface area contributed by atoms with Crippen LogP contribution in [0.1, 0.15) is 40.0 Å². The molecule has 0 aromatic carbocycles. The zero-order valence-electron chi connectivity index (χ0n) is 12.9. The van der Waals surface area contributed by atoms with Gasteiger partial charge < -0.3 is 14.9 Å². The zero-order chi connectivity index (χ0) is 15.1. The Balaban J connectivity index is 2.11. The van der Waals surface area contributed by atoms with Crippen LogP contribution in [0.15, 0.2) is 0 Å². The first-order valence-electron chi connectivity index (χ1n) is 7.45. The second kappa shape index (κ2) is 5.26. The van der Waals surface area contributed by atoms with Gasteiger partial charge in [0, 0.05) is 20.1 Å². The van der Waals surface area contributed by atoms with Crippen LogP contribution in [0.3, 0.4) is 0 Å². The third kappa shape index (κ3) is 2.91. The van der Waals surface area contributed by atoms with Crippen molar-refractivity contribution in [2.45, 2.75) is 46.1 Å². The molecule has 20 heavy (non-hydrogen) atoms. The van der Waals surface area contributed by atoms with Crippen molar-refractivity contribution in [2.75, 3.05) is 20.1 Å². The van der Waals surface area contributed by atoms with E-state index in [0.717, 1.165) is 19.3 Å². The fourth-order valence-corrected chi connectivity index (χ4v) is 3.82. The molecule has 0 aromatic rings. The molecule has 114 valence electrons. The molecule has 5 nitrogen and oxygen atoms in total.